The van der Waals surface area contributed by atoms with Crippen molar-refractivity contribution < 1.29 is 43.5 Å². The van der Waals surface area contributed by atoms with E-state index in [-0.39, 0.29) is 27.4 Å². The summed E-state index contributed by atoms with van der Waals surface area (Å²) in [5.41, 5.74) is -3.35. The van der Waals surface area contributed by atoms with Gasteiger partial charge >= 0.3 is 25.0 Å². The van der Waals surface area contributed by atoms with Crippen LogP contribution in [0.2, 0.25) is 10.0 Å². The minimum absolute atomic E-state index is 0.00593. The molecule has 14 heteroatoms. The Morgan fingerprint density at radius 1 is 1.17 bits per heavy atom. The first-order valence-electron chi connectivity index (χ1n) is 10.7. The molecule has 1 heterocycles. The standard InChI is InChI=1S/C21H23BCl2N2O9/c1-10(2)13-6-21(13,22-34-19(33)20(35-22,7-16(28)29)8-17(30)31)26-15(27)9-25-18(32)12-5-11(23)3-4-14(12)24/h3-5,10,13H,6-9H2,1-2H3,(H,25,32)(H,26,27)(H,28,29)(H,30,31). The molecule has 1 aromatic carbocycles. The van der Waals surface area contributed by atoms with Crippen LogP contribution in [0.4, 0.5) is 0 Å². The van der Waals surface area contributed by atoms with Crippen molar-refractivity contribution >= 4 is 60.0 Å². The van der Waals surface area contributed by atoms with Gasteiger partial charge in [-0.25, -0.2) is 0 Å². The average molecular weight is 529 g/mol. The number of hydrogen-bond donors (Lipinski definition) is 4. The van der Waals surface area contributed by atoms with E-state index in [0.29, 0.717) is 6.42 Å². The van der Waals surface area contributed by atoms with E-state index in [4.69, 9.17) is 32.5 Å². The maximum absolute atomic E-state index is 12.7. The first kappa shape index (κ1) is 26.8. The molecule has 2 amide bonds. The summed E-state index contributed by atoms with van der Waals surface area (Å²) in [4.78, 5) is 60.4. The van der Waals surface area contributed by atoms with Crippen LogP contribution in [0.25, 0.3) is 0 Å². The second-order valence-electron chi connectivity index (χ2n) is 8.94. The van der Waals surface area contributed by atoms with E-state index < -0.39 is 67.3 Å². The Kier molecular flexibility index (Phi) is 7.68. The topological polar surface area (TPSA) is 168 Å². The summed E-state index contributed by atoms with van der Waals surface area (Å²) in [5.74, 6) is -5.49. The maximum atomic E-state index is 12.7. The number of carbonyl (C=O) groups excluding carboxylic acids is 3. The Bertz CT molecular complexity index is 1070. The predicted octanol–water partition coefficient (Wildman–Crippen LogP) is 1.54. The fourth-order valence-corrected chi connectivity index (χ4v) is 4.69. The van der Waals surface area contributed by atoms with Crippen LogP contribution in [0.5, 0.6) is 0 Å². The monoisotopic (exact) mass is 528 g/mol. The lowest BCUT2D eigenvalue weighted by Gasteiger charge is -2.25. The van der Waals surface area contributed by atoms with Gasteiger partial charge in [-0.3, -0.25) is 24.0 Å². The fourth-order valence-electron chi connectivity index (χ4n) is 4.31. The second-order valence-corrected chi connectivity index (χ2v) is 9.78. The van der Waals surface area contributed by atoms with Gasteiger partial charge in [0.2, 0.25) is 5.91 Å². The van der Waals surface area contributed by atoms with Crippen LogP contribution >= 0.6 is 23.2 Å². The minimum Gasteiger partial charge on any atom is -0.506 e. The Hall–Kier alpha value is -2.83. The molecular formula is C21H23BCl2N2O9. The first-order valence-corrected chi connectivity index (χ1v) is 11.4. The first-order chi connectivity index (χ1) is 16.3. The third-order valence-corrected chi connectivity index (χ3v) is 6.60. The molecule has 2 unspecified atom stereocenters. The number of carboxylic acids is 2. The van der Waals surface area contributed by atoms with Gasteiger partial charge in [0.25, 0.3) is 5.91 Å². The zero-order valence-corrected chi connectivity index (χ0v) is 20.3. The summed E-state index contributed by atoms with van der Waals surface area (Å²) in [6, 6.07) is 4.30. The highest BCUT2D eigenvalue weighted by molar-refractivity contribution is 6.55. The van der Waals surface area contributed by atoms with Crippen molar-refractivity contribution in [2.45, 2.75) is 44.1 Å². The third kappa shape index (κ3) is 5.71. The van der Waals surface area contributed by atoms with Gasteiger partial charge in [0.1, 0.15) is 0 Å². The lowest BCUT2D eigenvalue weighted by molar-refractivity contribution is -0.157. The molecular weight excluding hydrogens is 506 g/mol. The molecule has 4 N–H and O–H groups in total. The zero-order chi connectivity index (χ0) is 26.1. The molecule has 1 saturated carbocycles. The molecule has 0 bridgehead atoms. The zero-order valence-electron chi connectivity index (χ0n) is 18.8. The quantitative estimate of drug-likeness (QED) is 0.329. The van der Waals surface area contributed by atoms with Crippen LogP contribution in [0.15, 0.2) is 18.2 Å². The molecule has 35 heavy (non-hydrogen) atoms. The highest BCUT2D eigenvalue weighted by Crippen LogP contribution is 2.53. The average Bonchev–Trinajstić information content (AvgIpc) is 3.39. The van der Waals surface area contributed by atoms with Crippen molar-refractivity contribution in [3.05, 3.63) is 33.8 Å². The number of amides is 2. The molecule has 0 spiro atoms. The molecule has 0 aromatic heterocycles. The van der Waals surface area contributed by atoms with Crippen molar-refractivity contribution in [3.8, 4) is 0 Å². The summed E-state index contributed by atoms with van der Waals surface area (Å²) < 4.78 is 10.9. The Morgan fingerprint density at radius 3 is 2.34 bits per heavy atom. The van der Waals surface area contributed by atoms with Gasteiger partial charge in [0.05, 0.1) is 35.4 Å². The summed E-state index contributed by atoms with van der Waals surface area (Å²) in [6.45, 7) is 3.30. The van der Waals surface area contributed by atoms with Crippen molar-refractivity contribution in [2.24, 2.45) is 11.8 Å². The van der Waals surface area contributed by atoms with Crippen LogP contribution < -0.4 is 10.6 Å². The summed E-state index contributed by atoms with van der Waals surface area (Å²) >= 11 is 11.9. The smallest absolute Gasteiger partial charge is 0.506 e. The molecule has 1 saturated heterocycles. The Morgan fingerprint density at radius 2 is 1.80 bits per heavy atom. The Labute approximate surface area is 210 Å². The van der Waals surface area contributed by atoms with Gasteiger partial charge < -0.3 is 30.2 Å². The van der Waals surface area contributed by atoms with E-state index in [1.54, 1.807) is 0 Å². The molecule has 11 nitrogen and oxygen atoms in total. The number of benzene rings is 1. The van der Waals surface area contributed by atoms with E-state index in [1.807, 2.05) is 13.8 Å². The molecule has 3 rings (SSSR count). The molecule has 0 radical (unpaired) electrons. The minimum atomic E-state index is -2.22. The van der Waals surface area contributed by atoms with Crippen LogP contribution in [0.1, 0.15) is 43.5 Å². The maximum Gasteiger partial charge on any atom is 0.555 e. The van der Waals surface area contributed by atoms with Gasteiger partial charge in [-0.05, 0) is 36.5 Å². The van der Waals surface area contributed by atoms with Crippen molar-refractivity contribution in [1.82, 2.24) is 10.6 Å². The van der Waals surface area contributed by atoms with Crippen LogP contribution in [0, 0.1) is 11.8 Å². The van der Waals surface area contributed by atoms with Crippen molar-refractivity contribution in [1.29, 1.82) is 0 Å². The number of carboxylic acid groups (broad SMARTS) is 2. The molecule has 1 aliphatic carbocycles. The summed E-state index contributed by atoms with van der Waals surface area (Å²) in [7, 11) is -1.40. The van der Waals surface area contributed by atoms with Gasteiger partial charge in [0, 0.05) is 5.02 Å². The van der Waals surface area contributed by atoms with Crippen LogP contribution in [-0.4, -0.2) is 64.6 Å². The SMILES string of the molecule is CC(C)C1CC1(NC(=O)CNC(=O)c1cc(Cl)ccc1Cl)B1OC(=O)C(CC(=O)O)(CC(=O)O)O1. The Balaban J connectivity index is 1.74. The second kappa shape index (κ2) is 10.0. The van der Waals surface area contributed by atoms with E-state index in [2.05, 4.69) is 10.6 Å². The molecule has 2 atom stereocenters. The largest absolute Gasteiger partial charge is 0.555 e. The van der Waals surface area contributed by atoms with Gasteiger partial charge in [0.15, 0.2) is 5.60 Å². The number of nitrogens with one attached hydrogen (secondary N) is 2. The molecule has 2 aliphatic rings. The van der Waals surface area contributed by atoms with Crippen molar-refractivity contribution in [2.75, 3.05) is 6.54 Å². The number of rotatable bonds is 10. The number of hydrogen-bond acceptors (Lipinski definition) is 7. The lowest BCUT2D eigenvalue weighted by Crippen LogP contribution is -2.55. The van der Waals surface area contributed by atoms with Gasteiger partial charge in [-0.1, -0.05) is 37.0 Å². The molecule has 2 fully saturated rings. The van der Waals surface area contributed by atoms with Gasteiger partial charge in [-0.2, -0.15) is 0 Å². The lowest BCUT2D eigenvalue weighted by atomic mass is 9.71. The predicted molar refractivity (Wildman–Crippen MR) is 123 cm³/mol. The molecule has 1 aromatic rings. The number of aliphatic carboxylic acids is 2. The number of halogens is 2. The summed E-state index contributed by atoms with van der Waals surface area (Å²) in [6.07, 6.45) is -1.50. The molecule has 1 aliphatic heterocycles. The highest BCUT2D eigenvalue weighted by atomic mass is 35.5. The fraction of sp³-hybridized carbons (Fsp3) is 0.476. The number of carbonyl (C=O) groups is 5. The van der Waals surface area contributed by atoms with E-state index in [1.165, 1.54) is 18.2 Å². The third-order valence-electron chi connectivity index (χ3n) is 6.03. The van der Waals surface area contributed by atoms with Crippen LogP contribution in [-0.2, 0) is 28.5 Å². The normalized spacial score (nSPS) is 22.5. The van der Waals surface area contributed by atoms with E-state index >= 15 is 0 Å². The van der Waals surface area contributed by atoms with Gasteiger partial charge in [-0.15, -0.1) is 0 Å². The van der Waals surface area contributed by atoms with E-state index in [9.17, 15) is 34.2 Å². The summed E-state index contributed by atoms with van der Waals surface area (Å²) in [5, 5.41) is 24.0. The van der Waals surface area contributed by atoms with Crippen molar-refractivity contribution in [3.63, 3.8) is 0 Å². The highest BCUT2D eigenvalue weighted by Gasteiger charge is 2.72. The van der Waals surface area contributed by atoms with E-state index in [0.717, 1.165) is 0 Å². The molecule has 188 valence electrons. The van der Waals surface area contributed by atoms with Crippen LogP contribution in [0.3, 0.4) is 0 Å².